The molecule has 0 aliphatic rings. The van der Waals surface area contributed by atoms with Crippen molar-refractivity contribution in [3.63, 3.8) is 0 Å². The minimum Gasteiger partial charge on any atom is -0.423 e. The minimum absolute atomic E-state index is 0.408. The molecule has 5 aromatic rings. The predicted octanol–water partition coefficient (Wildman–Crippen LogP) is 6.31. The monoisotopic (exact) mass is 478 g/mol. The third-order valence-electron chi connectivity index (χ3n) is 5.07. The fraction of sp³-hybridized carbons (Fsp3) is 0. The zero-order chi connectivity index (χ0) is 24.0. The zero-order valence-electron chi connectivity index (χ0n) is 18.3. The van der Waals surface area contributed by atoms with Crippen LogP contribution in [-0.4, -0.2) is 22.1 Å². The van der Waals surface area contributed by atoms with Crippen LogP contribution in [0.2, 0.25) is 0 Å². The van der Waals surface area contributed by atoms with Crippen LogP contribution in [-0.2, 0) is 0 Å². The molecule has 1 aromatic heterocycles. The fourth-order valence-electron chi connectivity index (χ4n) is 3.27. The van der Waals surface area contributed by atoms with Crippen LogP contribution in [0.4, 0.5) is 0 Å². The molecule has 0 saturated carbocycles. The Hall–Kier alpha value is -4.62. The summed E-state index contributed by atoms with van der Waals surface area (Å²) in [5.41, 5.74) is 2.71. The molecule has 170 valence electrons. The number of hydrogen-bond donors (Lipinski definition) is 0. The van der Waals surface area contributed by atoms with Gasteiger partial charge >= 0.3 is 11.9 Å². The molecule has 35 heavy (non-hydrogen) atoms. The summed E-state index contributed by atoms with van der Waals surface area (Å²) in [5, 5.41) is 10.0. The van der Waals surface area contributed by atoms with Gasteiger partial charge in [0.1, 0.15) is 21.5 Å². The Kier molecular flexibility index (Phi) is 6.41. The summed E-state index contributed by atoms with van der Waals surface area (Å²) in [6.07, 6.45) is 0. The molecule has 4 aromatic carbocycles. The summed E-state index contributed by atoms with van der Waals surface area (Å²) >= 11 is 1.43. The summed E-state index contributed by atoms with van der Waals surface area (Å²) < 4.78 is 10.9. The van der Waals surface area contributed by atoms with E-state index >= 15 is 0 Å². The first-order valence-corrected chi connectivity index (χ1v) is 11.6. The molecule has 7 heteroatoms. The van der Waals surface area contributed by atoms with Gasteiger partial charge in [0.05, 0.1) is 11.1 Å². The second-order valence-corrected chi connectivity index (χ2v) is 8.45. The summed E-state index contributed by atoms with van der Waals surface area (Å²) in [6.45, 7) is 0. The second-order valence-electron chi connectivity index (χ2n) is 7.47. The Morgan fingerprint density at radius 2 is 0.886 bits per heavy atom. The van der Waals surface area contributed by atoms with E-state index in [1.807, 2.05) is 36.4 Å². The third-order valence-corrected chi connectivity index (χ3v) is 6.09. The number of carbonyl (C=O) groups is 2. The van der Waals surface area contributed by atoms with Crippen LogP contribution in [0.25, 0.3) is 21.1 Å². The summed E-state index contributed by atoms with van der Waals surface area (Å²) in [5.74, 6) is 0.0878. The molecule has 0 bridgehead atoms. The van der Waals surface area contributed by atoms with Crippen molar-refractivity contribution in [2.45, 2.75) is 0 Å². The molecule has 0 N–H and O–H groups in total. The van der Waals surface area contributed by atoms with Gasteiger partial charge in [0.15, 0.2) is 0 Å². The van der Waals surface area contributed by atoms with Crippen molar-refractivity contribution in [2.75, 3.05) is 0 Å². The van der Waals surface area contributed by atoms with Crippen LogP contribution in [0.5, 0.6) is 11.5 Å². The van der Waals surface area contributed by atoms with E-state index < -0.39 is 11.9 Å². The van der Waals surface area contributed by atoms with Crippen molar-refractivity contribution in [1.82, 2.24) is 10.2 Å². The molecule has 1 heterocycles. The standard InChI is InChI=1S/C28H18N2O4S/c31-27(21-7-3-1-4-8-21)33-23-15-11-19(12-16-23)25-29-30-26(35-25)20-13-17-24(18-14-20)34-28(32)22-9-5-2-6-10-22/h1-18H. The minimum atomic E-state index is -0.408. The predicted molar refractivity (Wildman–Crippen MR) is 134 cm³/mol. The van der Waals surface area contributed by atoms with E-state index in [0.29, 0.717) is 22.6 Å². The van der Waals surface area contributed by atoms with Gasteiger partial charge in [-0.1, -0.05) is 47.7 Å². The molecule has 0 aliphatic carbocycles. The number of rotatable bonds is 6. The Balaban J connectivity index is 1.24. The van der Waals surface area contributed by atoms with Crippen LogP contribution >= 0.6 is 11.3 Å². The van der Waals surface area contributed by atoms with E-state index in [1.54, 1.807) is 72.8 Å². The molecule has 0 aliphatic heterocycles. The maximum absolute atomic E-state index is 12.2. The Labute approximate surface area is 205 Å². The molecule has 0 fully saturated rings. The number of aromatic nitrogens is 2. The molecular formula is C28H18N2O4S. The van der Waals surface area contributed by atoms with Crippen LogP contribution in [0.3, 0.4) is 0 Å². The van der Waals surface area contributed by atoms with Crippen LogP contribution < -0.4 is 9.47 Å². The third kappa shape index (κ3) is 5.31. The Bertz CT molecular complexity index is 1340. The van der Waals surface area contributed by atoms with Gasteiger partial charge in [0.2, 0.25) is 0 Å². The van der Waals surface area contributed by atoms with Gasteiger partial charge in [0, 0.05) is 11.1 Å². The molecule has 0 unspecified atom stereocenters. The van der Waals surface area contributed by atoms with E-state index in [-0.39, 0.29) is 0 Å². The highest BCUT2D eigenvalue weighted by Gasteiger charge is 2.12. The average molecular weight is 479 g/mol. The number of benzene rings is 4. The molecule has 0 saturated heterocycles. The van der Waals surface area contributed by atoms with E-state index in [0.717, 1.165) is 21.1 Å². The Morgan fingerprint density at radius 1 is 0.514 bits per heavy atom. The quantitative estimate of drug-likeness (QED) is 0.210. The van der Waals surface area contributed by atoms with Crippen LogP contribution in [0.1, 0.15) is 20.7 Å². The maximum atomic E-state index is 12.2. The number of hydrogen-bond acceptors (Lipinski definition) is 7. The van der Waals surface area contributed by atoms with Crippen molar-refractivity contribution in [1.29, 1.82) is 0 Å². The summed E-state index contributed by atoms with van der Waals surface area (Å²) in [4.78, 5) is 24.4. The van der Waals surface area contributed by atoms with Crippen LogP contribution in [0.15, 0.2) is 109 Å². The van der Waals surface area contributed by atoms with E-state index in [4.69, 9.17) is 9.47 Å². The first-order chi connectivity index (χ1) is 17.2. The molecule has 0 spiro atoms. The first kappa shape index (κ1) is 22.2. The lowest BCUT2D eigenvalue weighted by Crippen LogP contribution is -2.07. The van der Waals surface area contributed by atoms with E-state index in [9.17, 15) is 9.59 Å². The van der Waals surface area contributed by atoms with Gasteiger partial charge in [-0.15, -0.1) is 10.2 Å². The topological polar surface area (TPSA) is 78.4 Å². The SMILES string of the molecule is O=C(Oc1ccc(-c2nnc(-c3ccc(OC(=O)c4ccccc4)cc3)s2)cc1)c1ccccc1. The molecule has 0 amide bonds. The zero-order valence-corrected chi connectivity index (χ0v) is 19.1. The van der Waals surface area contributed by atoms with Crippen molar-refractivity contribution in [3.05, 3.63) is 120 Å². The van der Waals surface area contributed by atoms with Gasteiger partial charge in [-0.2, -0.15) is 0 Å². The average Bonchev–Trinajstić information content (AvgIpc) is 3.41. The molecule has 5 rings (SSSR count). The second kappa shape index (κ2) is 10.1. The highest BCUT2D eigenvalue weighted by atomic mass is 32.1. The number of nitrogens with zero attached hydrogens (tertiary/aromatic N) is 2. The molecule has 0 radical (unpaired) electrons. The number of ether oxygens (including phenoxy) is 2. The van der Waals surface area contributed by atoms with Crippen molar-refractivity contribution in [3.8, 4) is 32.6 Å². The largest absolute Gasteiger partial charge is 0.423 e. The van der Waals surface area contributed by atoms with Crippen LogP contribution in [0, 0.1) is 0 Å². The highest BCUT2D eigenvalue weighted by molar-refractivity contribution is 7.17. The van der Waals surface area contributed by atoms with Gasteiger partial charge < -0.3 is 9.47 Å². The Morgan fingerprint density at radius 3 is 1.26 bits per heavy atom. The van der Waals surface area contributed by atoms with Gasteiger partial charge in [-0.05, 0) is 72.8 Å². The highest BCUT2D eigenvalue weighted by Crippen LogP contribution is 2.31. The van der Waals surface area contributed by atoms with E-state index in [1.165, 1.54) is 11.3 Å². The van der Waals surface area contributed by atoms with Gasteiger partial charge in [0.25, 0.3) is 0 Å². The van der Waals surface area contributed by atoms with Crippen molar-refractivity contribution >= 4 is 23.3 Å². The van der Waals surface area contributed by atoms with Crippen molar-refractivity contribution in [2.24, 2.45) is 0 Å². The lowest BCUT2D eigenvalue weighted by atomic mass is 10.2. The lowest BCUT2D eigenvalue weighted by Gasteiger charge is -2.05. The number of esters is 2. The summed E-state index contributed by atoms with van der Waals surface area (Å²) in [6, 6.07) is 31.9. The smallest absolute Gasteiger partial charge is 0.343 e. The molecular weight excluding hydrogens is 460 g/mol. The first-order valence-electron chi connectivity index (χ1n) is 10.7. The van der Waals surface area contributed by atoms with E-state index in [2.05, 4.69) is 10.2 Å². The normalized spacial score (nSPS) is 10.5. The van der Waals surface area contributed by atoms with Crippen molar-refractivity contribution < 1.29 is 19.1 Å². The molecule has 6 nitrogen and oxygen atoms in total. The summed E-state index contributed by atoms with van der Waals surface area (Å²) in [7, 11) is 0. The molecule has 0 atom stereocenters. The fourth-order valence-corrected chi connectivity index (χ4v) is 4.12. The number of carbonyl (C=O) groups excluding carboxylic acids is 2. The maximum Gasteiger partial charge on any atom is 0.343 e. The van der Waals surface area contributed by atoms with Gasteiger partial charge in [-0.25, -0.2) is 9.59 Å². The lowest BCUT2D eigenvalue weighted by molar-refractivity contribution is 0.0725. The van der Waals surface area contributed by atoms with Gasteiger partial charge in [-0.3, -0.25) is 0 Å².